The van der Waals surface area contributed by atoms with Gasteiger partial charge < -0.3 is 9.84 Å². The topological polar surface area (TPSA) is 63.6 Å². The summed E-state index contributed by atoms with van der Waals surface area (Å²) in [7, 11) is 0. The average molecular weight is 258 g/mol. The number of aryl methyl sites for hydroxylation is 1. The van der Waals surface area contributed by atoms with Crippen molar-refractivity contribution in [2.75, 3.05) is 0 Å². The molecule has 0 fully saturated rings. The molecule has 0 saturated heterocycles. The number of hydrogen-bond acceptors (Lipinski definition) is 3. The van der Waals surface area contributed by atoms with Gasteiger partial charge in [0, 0.05) is 13.3 Å². The Labute approximate surface area is 110 Å². The highest BCUT2D eigenvalue weighted by atomic mass is 16.5. The molecule has 0 aromatic heterocycles. The first kappa shape index (κ1) is 13.1. The molecule has 0 aliphatic carbocycles. The van der Waals surface area contributed by atoms with Crippen molar-refractivity contribution in [3.05, 3.63) is 42.0 Å². The predicted molar refractivity (Wildman–Crippen MR) is 71.2 cm³/mol. The monoisotopic (exact) mass is 258 g/mol. The molecule has 0 radical (unpaired) electrons. The number of benzene rings is 2. The average Bonchev–Trinajstić information content (AvgIpc) is 2.35. The van der Waals surface area contributed by atoms with Gasteiger partial charge in [-0.05, 0) is 34.9 Å². The maximum absolute atomic E-state index is 10.9. The van der Waals surface area contributed by atoms with Crippen molar-refractivity contribution in [1.29, 1.82) is 0 Å². The van der Waals surface area contributed by atoms with Crippen molar-refractivity contribution in [3.8, 4) is 5.75 Å². The van der Waals surface area contributed by atoms with Crippen LogP contribution >= 0.6 is 0 Å². The molecule has 1 N–H and O–H groups in total. The van der Waals surface area contributed by atoms with Crippen LogP contribution in [0.25, 0.3) is 10.8 Å². The molecule has 0 atom stereocenters. The van der Waals surface area contributed by atoms with E-state index in [0.717, 1.165) is 16.3 Å². The predicted octanol–water partition coefficient (Wildman–Crippen LogP) is 2.78. The molecule has 2 rings (SSSR count). The Morgan fingerprint density at radius 3 is 2.47 bits per heavy atom. The summed E-state index contributed by atoms with van der Waals surface area (Å²) in [6, 6.07) is 11.1. The van der Waals surface area contributed by atoms with Crippen LogP contribution in [0.1, 0.15) is 18.9 Å². The van der Waals surface area contributed by atoms with Crippen molar-refractivity contribution >= 4 is 22.7 Å². The van der Waals surface area contributed by atoms with Crippen LogP contribution in [0.4, 0.5) is 0 Å². The van der Waals surface area contributed by atoms with Gasteiger partial charge in [0.05, 0.1) is 0 Å². The third-order valence-electron chi connectivity index (χ3n) is 2.77. The number of rotatable bonds is 4. The number of fused-ring (bicyclic) bond motifs is 1. The molecule has 0 bridgehead atoms. The fraction of sp³-hybridized carbons (Fsp3) is 0.200. The molecule has 19 heavy (non-hydrogen) atoms. The van der Waals surface area contributed by atoms with Gasteiger partial charge in [-0.2, -0.15) is 0 Å². The Kier molecular flexibility index (Phi) is 3.80. The number of aliphatic carboxylic acids is 1. The summed E-state index contributed by atoms with van der Waals surface area (Å²) >= 11 is 0. The third-order valence-corrected chi connectivity index (χ3v) is 2.77. The van der Waals surface area contributed by atoms with Crippen molar-refractivity contribution in [2.24, 2.45) is 0 Å². The van der Waals surface area contributed by atoms with Crippen molar-refractivity contribution in [1.82, 2.24) is 0 Å². The zero-order valence-corrected chi connectivity index (χ0v) is 10.6. The maximum Gasteiger partial charge on any atom is 0.308 e. The summed E-state index contributed by atoms with van der Waals surface area (Å²) in [5.41, 5.74) is 0.982. The largest absolute Gasteiger partial charge is 0.481 e. The Morgan fingerprint density at radius 1 is 1.11 bits per heavy atom. The molecular formula is C15H14O4. The van der Waals surface area contributed by atoms with E-state index < -0.39 is 5.97 Å². The Morgan fingerprint density at radius 2 is 1.79 bits per heavy atom. The smallest absolute Gasteiger partial charge is 0.308 e. The van der Waals surface area contributed by atoms with Crippen LogP contribution in [0.15, 0.2) is 36.4 Å². The highest BCUT2D eigenvalue weighted by molar-refractivity contribution is 5.85. The van der Waals surface area contributed by atoms with Gasteiger partial charge in [0.1, 0.15) is 5.75 Å². The van der Waals surface area contributed by atoms with Crippen molar-refractivity contribution < 1.29 is 19.4 Å². The minimum Gasteiger partial charge on any atom is -0.481 e. The molecule has 4 heteroatoms. The van der Waals surface area contributed by atoms with E-state index in [-0.39, 0.29) is 12.4 Å². The molecule has 2 aromatic carbocycles. The molecule has 0 unspecified atom stereocenters. The van der Waals surface area contributed by atoms with Gasteiger partial charge in [-0.25, -0.2) is 0 Å². The Balaban J connectivity index is 2.24. The first-order valence-electron chi connectivity index (χ1n) is 5.97. The van der Waals surface area contributed by atoms with Crippen LogP contribution < -0.4 is 4.74 Å². The quantitative estimate of drug-likeness (QED) is 0.676. The molecule has 0 spiro atoms. The number of carbonyl (C=O) groups excluding carboxylic acids is 1. The molecular weight excluding hydrogens is 244 g/mol. The summed E-state index contributed by atoms with van der Waals surface area (Å²) in [5, 5.41) is 10.6. The van der Waals surface area contributed by atoms with Gasteiger partial charge in [-0.3, -0.25) is 9.59 Å². The van der Waals surface area contributed by atoms with Gasteiger partial charge in [0.2, 0.25) is 0 Å². The summed E-state index contributed by atoms with van der Waals surface area (Å²) in [5.74, 6) is -0.638. The van der Waals surface area contributed by atoms with Gasteiger partial charge in [0.15, 0.2) is 0 Å². The van der Waals surface area contributed by atoms with Gasteiger partial charge >= 0.3 is 11.9 Å². The SMILES string of the molecule is CC(=O)Oc1ccc2cc(CCC(=O)O)ccc2c1. The van der Waals surface area contributed by atoms with Crippen LogP contribution in [0.5, 0.6) is 5.75 Å². The number of hydrogen-bond donors (Lipinski definition) is 1. The second-order valence-corrected chi connectivity index (χ2v) is 4.33. The second-order valence-electron chi connectivity index (χ2n) is 4.33. The van der Waals surface area contributed by atoms with E-state index >= 15 is 0 Å². The molecule has 2 aromatic rings. The molecule has 0 aliphatic heterocycles. The Bertz CT molecular complexity index is 631. The van der Waals surface area contributed by atoms with E-state index in [1.54, 1.807) is 12.1 Å². The zero-order chi connectivity index (χ0) is 13.8. The first-order valence-corrected chi connectivity index (χ1v) is 5.97. The van der Waals surface area contributed by atoms with E-state index in [0.29, 0.717) is 12.2 Å². The van der Waals surface area contributed by atoms with E-state index in [1.807, 2.05) is 24.3 Å². The van der Waals surface area contributed by atoms with Crippen LogP contribution in [0, 0.1) is 0 Å². The lowest BCUT2D eigenvalue weighted by Gasteiger charge is -2.05. The van der Waals surface area contributed by atoms with E-state index in [9.17, 15) is 9.59 Å². The first-order chi connectivity index (χ1) is 9.04. The van der Waals surface area contributed by atoms with Crippen LogP contribution in [-0.2, 0) is 16.0 Å². The van der Waals surface area contributed by atoms with E-state index in [4.69, 9.17) is 9.84 Å². The van der Waals surface area contributed by atoms with Crippen molar-refractivity contribution in [2.45, 2.75) is 19.8 Å². The standard InChI is InChI=1S/C15H14O4/c1-10(16)19-14-6-5-12-8-11(3-7-15(17)18)2-4-13(12)9-14/h2,4-6,8-9H,3,7H2,1H3,(H,17,18). The fourth-order valence-corrected chi connectivity index (χ4v) is 1.91. The van der Waals surface area contributed by atoms with Crippen molar-refractivity contribution in [3.63, 3.8) is 0 Å². The van der Waals surface area contributed by atoms with Gasteiger partial charge in [-0.1, -0.05) is 24.3 Å². The Hall–Kier alpha value is -2.36. The lowest BCUT2D eigenvalue weighted by molar-refractivity contribution is -0.137. The van der Waals surface area contributed by atoms with E-state index in [2.05, 4.69) is 0 Å². The van der Waals surface area contributed by atoms with Gasteiger partial charge in [0.25, 0.3) is 0 Å². The zero-order valence-electron chi connectivity index (χ0n) is 10.6. The molecule has 0 amide bonds. The molecule has 0 heterocycles. The van der Waals surface area contributed by atoms with Gasteiger partial charge in [-0.15, -0.1) is 0 Å². The second kappa shape index (κ2) is 5.52. The number of ether oxygens (including phenoxy) is 1. The number of esters is 1. The number of carbonyl (C=O) groups is 2. The highest BCUT2D eigenvalue weighted by Crippen LogP contribution is 2.22. The van der Waals surface area contributed by atoms with E-state index in [1.165, 1.54) is 6.92 Å². The van der Waals surface area contributed by atoms with Crippen LogP contribution in [0.2, 0.25) is 0 Å². The lowest BCUT2D eigenvalue weighted by Crippen LogP contribution is -2.01. The summed E-state index contributed by atoms with van der Waals surface area (Å²) in [6.07, 6.45) is 0.633. The summed E-state index contributed by atoms with van der Waals surface area (Å²) < 4.78 is 5.01. The molecule has 4 nitrogen and oxygen atoms in total. The maximum atomic E-state index is 10.9. The number of carboxylic acid groups (broad SMARTS) is 1. The lowest BCUT2D eigenvalue weighted by atomic mass is 10.0. The minimum absolute atomic E-state index is 0.122. The molecule has 0 aliphatic rings. The summed E-state index contributed by atoms with van der Waals surface area (Å²) in [6.45, 7) is 1.36. The molecule has 0 saturated carbocycles. The minimum atomic E-state index is -0.801. The normalized spacial score (nSPS) is 10.4. The summed E-state index contributed by atoms with van der Waals surface area (Å²) in [4.78, 5) is 21.4. The fourth-order valence-electron chi connectivity index (χ4n) is 1.91. The molecule has 98 valence electrons. The highest BCUT2D eigenvalue weighted by Gasteiger charge is 2.03. The number of carboxylic acids is 1. The third kappa shape index (κ3) is 3.55. The van der Waals surface area contributed by atoms with Crippen LogP contribution in [0.3, 0.4) is 0 Å². The van der Waals surface area contributed by atoms with Crippen LogP contribution in [-0.4, -0.2) is 17.0 Å².